The van der Waals surface area contributed by atoms with Crippen LogP contribution in [0.1, 0.15) is 65.4 Å². The van der Waals surface area contributed by atoms with Crippen LogP contribution in [0.3, 0.4) is 0 Å². The van der Waals surface area contributed by atoms with E-state index < -0.39 is 34.3 Å². The third-order valence-corrected chi connectivity index (χ3v) is 11.1. The van der Waals surface area contributed by atoms with Crippen LogP contribution in [0.15, 0.2) is 46.9 Å². The zero-order chi connectivity index (χ0) is 32.0. The van der Waals surface area contributed by atoms with Crippen LogP contribution in [0, 0.1) is 11.8 Å². The second-order valence-electron chi connectivity index (χ2n) is 12.8. The molecular weight excluding hydrogens is 582 g/mol. The fraction of sp³-hybridized carbons (Fsp3) is 0.636. The first-order valence-electron chi connectivity index (χ1n) is 15.8. The molecule has 44 heavy (non-hydrogen) atoms. The van der Waals surface area contributed by atoms with Crippen molar-refractivity contribution in [3.8, 4) is 0 Å². The lowest BCUT2D eigenvalue weighted by Gasteiger charge is -2.33. The minimum absolute atomic E-state index is 0.0352. The first-order valence-corrected chi connectivity index (χ1v) is 17.3. The van der Waals surface area contributed by atoms with Gasteiger partial charge in [0.05, 0.1) is 17.4 Å². The second-order valence-corrected chi connectivity index (χ2v) is 14.7. The Morgan fingerprint density at radius 1 is 1.05 bits per heavy atom. The molecule has 1 aromatic rings. The number of hydrogen-bond donors (Lipinski definition) is 1. The number of sulfonamides is 1. The Hall–Kier alpha value is -2.73. The highest BCUT2D eigenvalue weighted by Crippen LogP contribution is 2.29. The number of ether oxygens (including phenoxy) is 2. The fourth-order valence-corrected chi connectivity index (χ4v) is 7.89. The highest BCUT2D eigenvalue weighted by atomic mass is 32.2. The molecule has 11 heteroatoms. The Kier molecular flexibility index (Phi) is 11.7. The van der Waals surface area contributed by atoms with Crippen molar-refractivity contribution in [2.75, 3.05) is 39.8 Å². The number of esters is 1. The Balaban J connectivity index is 1.57. The third-order valence-electron chi connectivity index (χ3n) is 9.06. The van der Waals surface area contributed by atoms with Gasteiger partial charge in [0, 0.05) is 44.7 Å². The first kappa shape index (κ1) is 34.1. The molecule has 10 nitrogen and oxygen atoms in total. The van der Waals surface area contributed by atoms with Crippen molar-refractivity contribution < 1.29 is 32.6 Å². The number of aliphatic hydroxyl groups excluding tert-OH is 1. The molecule has 0 bridgehead atoms. The second kappa shape index (κ2) is 15.0. The summed E-state index contributed by atoms with van der Waals surface area (Å²) in [5.74, 6) is -0.861. The van der Waals surface area contributed by atoms with E-state index in [2.05, 4.69) is 4.90 Å². The van der Waals surface area contributed by atoms with E-state index in [9.17, 15) is 23.1 Å². The van der Waals surface area contributed by atoms with Crippen molar-refractivity contribution in [1.82, 2.24) is 14.1 Å². The van der Waals surface area contributed by atoms with Crippen LogP contribution in [-0.4, -0.2) is 104 Å². The number of piperazine rings is 1. The molecule has 3 aliphatic rings. The van der Waals surface area contributed by atoms with E-state index in [0.717, 1.165) is 31.5 Å². The summed E-state index contributed by atoms with van der Waals surface area (Å²) in [4.78, 5) is 30.0. The summed E-state index contributed by atoms with van der Waals surface area (Å²) in [6.45, 7) is 11.0. The van der Waals surface area contributed by atoms with Crippen molar-refractivity contribution in [2.45, 2.75) is 89.0 Å². The van der Waals surface area contributed by atoms with E-state index >= 15 is 0 Å². The Morgan fingerprint density at radius 3 is 2.45 bits per heavy atom. The number of hydrogen-bond acceptors (Lipinski definition) is 8. The third kappa shape index (κ3) is 8.71. The Morgan fingerprint density at radius 2 is 1.77 bits per heavy atom. The van der Waals surface area contributed by atoms with Crippen LogP contribution < -0.4 is 0 Å². The predicted octanol–water partition coefficient (Wildman–Crippen LogP) is 4.30. The van der Waals surface area contributed by atoms with Gasteiger partial charge in [-0.3, -0.25) is 4.79 Å². The monoisotopic (exact) mass is 631 g/mol. The molecule has 244 valence electrons. The molecule has 1 aromatic carbocycles. The van der Waals surface area contributed by atoms with Crippen LogP contribution in [-0.2, 0) is 24.3 Å². The van der Waals surface area contributed by atoms with Gasteiger partial charge in [-0.05, 0) is 81.8 Å². The number of cyclic esters (lactones) is 1. The predicted molar refractivity (Wildman–Crippen MR) is 169 cm³/mol. The molecule has 1 amide bonds. The number of nitrogens with zero attached hydrogens (tertiary/aromatic N) is 3. The molecule has 0 aromatic heterocycles. The van der Waals surface area contributed by atoms with Crippen LogP contribution in [0.5, 0.6) is 0 Å². The maximum absolute atomic E-state index is 13.3. The summed E-state index contributed by atoms with van der Waals surface area (Å²) < 4.78 is 40.1. The quantitative estimate of drug-likeness (QED) is 0.378. The number of carbonyl (C=O) groups is 2. The molecule has 0 unspecified atom stereocenters. The summed E-state index contributed by atoms with van der Waals surface area (Å²) in [5, 5.41) is 10.6. The van der Waals surface area contributed by atoms with E-state index in [4.69, 9.17) is 9.47 Å². The van der Waals surface area contributed by atoms with Gasteiger partial charge in [0.15, 0.2) is 0 Å². The summed E-state index contributed by atoms with van der Waals surface area (Å²) in [6.07, 6.45) is 5.72. The SMILES string of the molecule is C/C(=C\c1cccc(S(=O)(=O)N2CCC[C@@H]2C)c1)[C@H]1OC(=O)C[C@@H](O)CC[C@@H](C)[C@@H](OC(=O)N2CCN(C)CC2)/C=C/[C@@H]1C. The summed E-state index contributed by atoms with van der Waals surface area (Å²) in [7, 11) is -1.60. The Bertz CT molecular complexity index is 1320. The van der Waals surface area contributed by atoms with E-state index in [1.54, 1.807) is 27.4 Å². The molecule has 2 fully saturated rings. The highest BCUT2D eigenvalue weighted by Gasteiger charge is 2.33. The molecule has 2 saturated heterocycles. The van der Waals surface area contributed by atoms with Crippen molar-refractivity contribution in [3.05, 3.63) is 47.6 Å². The van der Waals surface area contributed by atoms with Crippen LogP contribution in [0.4, 0.5) is 4.79 Å². The normalized spacial score (nSPS) is 31.1. The topological polar surface area (TPSA) is 117 Å². The van der Waals surface area contributed by atoms with Gasteiger partial charge in [-0.15, -0.1) is 0 Å². The lowest BCUT2D eigenvalue weighted by molar-refractivity contribution is -0.151. The average molecular weight is 632 g/mol. The summed E-state index contributed by atoms with van der Waals surface area (Å²) in [6, 6.07) is 6.78. The molecular formula is C33H49N3O7S. The molecule has 0 saturated carbocycles. The number of carbonyl (C=O) groups excluding carboxylic acids is 2. The van der Waals surface area contributed by atoms with Gasteiger partial charge in [0.1, 0.15) is 12.2 Å². The minimum Gasteiger partial charge on any atom is -0.457 e. The maximum Gasteiger partial charge on any atom is 0.410 e. The van der Waals surface area contributed by atoms with Gasteiger partial charge in [0.2, 0.25) is 10.0 Å². The van der Waals surface area contributed by atoms with Crippen LogP contribution >= 0.6 is 0 Å². The molecule has 0 spiro atoms. The largest absolute Gasteiger partial charge is 0.457 e. The zero-order valence-electron chi connectivity index (χ0n) is 26.7. The smallest absolute Gasteiger partial charge is 0.410 e. The molecule has 4 rings (SSSR count). The van der Waals surface area contributed by atoms with E-state index in [1.807, 2.05) is 59.0 Å². The summed E-state index contributed by atoms with van der Waals surface area (Å²) in [5.41, 5.74) is 1.41. The van der Waals surface area contributed by atoms with Crippen LogP contribution in [0.2, 0.25) is 0 Å². The molecule has 0 radical (unpaired) electrons. The number of rotatable bonds is 5. The number of amides is 1. The number of aliphatic hydroxyl groups is 1. The van der Waals surface area contributed by atoms with Crippen molar-refractivity contribution in [2.24, 2.45) is 11.8 Å². The maximum atomic E-state index is 13.3. The van der Waals surface area contributed by atoms with Gasteiger partial charge in [0.25, 0.3) is 0 Å². The standard InChI is InChI=1S/C33H49N3O7S/c1-23-11-13-28(37)22-31(38)43-32(24(2)12-14-30(23)42-33(39)35-18-16-34(5)17-19-35)25(3)20-27-9-6-10-29(21-27)44(40,41)36-15-7-8-26(36)4/h6,9-10,12,14,20-21,23-24,26,28,30,32,37H,7-8,11,13,15-19,22H2,1-5H3/b14-12+,25-20+/t23-,24+,26+,28+,30+,32+/m1/s1. The van der Waals surface area contributed by atoms with Gasteiger partial charge in [-0.1, -0.05) is 38.1 Å². The molecule has 0 aliphatic carbocycles. The van der Waals surface area contributed by atoms with Gasteiger partial charge < -0.3 is 24.4 Å². The number of benzene rings is 1. The molecule has 3 aliphatic heterocycles. The van der Waals surface area contributed by atoms with Gasteiger partial charge >= 0.3 is 12.1 Å². The summed E-state index contributed by atoms with van der Waals surface area (Å²) >= 11 is 0. The van der Waals surface area contributed by atoms with E-state index in [1.165, 1.54) is 0 Å². The first-order chi connectivity index (χ1) is 20.8. The number of likely N-dealkylation sites (N-methyl/N-ethyl adjacent to an activating group) is 1. The minimum atomic E-state index is -3.62. The van der Waals surface area contributed by atoms with Gasteiger partial charge in [-0.2, -0.15) is 4.31 Å². The molecule has 1 N–H and O–H groups in total. The van der Waals surface area contributed by atoms with Crippen molar-refractivity contribution in [3.63, 3.8) is 0 Å². The van der Waals surface area contributed by atoms with Crippen molar-refractivity contribution in [1.29, 1.82) is 0 Å². The fourth-order valence-electron chi connectivity index (χ4n) is 6.14. The molecule has 3 heterocycles. The average Bonchev–Trinajstić information content (AvgIpc) is 3.43. The van der Waals surface area contributed by atoms with Crippen LogP contribution in [0.25, 0.3) is 6.08 Å². The highest BCUT2D eigenvalue weighted by molar-refractivity contribution is 7.89. The lowest BCUT2D eigenvalue weighted by Crippen LogP contribution is -2.48. The van der Waals surface area contributed by atoms with E-state index in [0.29, 0.717) is 38.0 Å². The van der Waals surface area contributed by atoms with E-state index in [-0.39, 0.29) is 35.3 Å². The van der Waals surface area contributed by atoms with Gasteiger partial charge in [-0.25, -0.2) is 13.2 Å². The van der Waals surface area contributed by atoms with Crippen molar-refractivity contribution >= 4 is 28.2 Å². The lowest BCUT2D eigenvalue weighted by atomic mass is 9.91. The Labute approximate surface area is 262 Å². The zero-order valence-corrected chi connectivity index (χ0v) is 27.5. The molecule has 6 atom stereocenters.